The van der Waals surface area contributed by atoms with Gasteiger partial charge in [0, 0.05) is 6.07 Å². The number of carbonyl (C=O) groups is 1. The minimum Gasteiger partial charge on any atom is -0.481 e. The molecule has 0 unspecified atom stereocenters. The summed E-state index contributed by atoms with van der Waals surface area (Å²) in [7, 11) is 1.55. The van der Waals surface area contributed by atoms with E-state index >= 15 is 0 Å². The molecule has 110 valence electrons. The molecule has 2 rings (SSSR count). The van der Waals surface area contributed by atoms with Crippen molar-refractivity contribution in [3.05, 3.63) is 42.1 Å². The van der Waals surface area contributed by atoms with Crippen LogP contribution in [0.2, 0.25) is 0 Å². The molecule has 0 saturated heterocycles. The van der Waals surface area contributed by atoms with Gasteiger partial charge in [-0.15, -0.1) is 0 Å². The molecule has 0 aliphatic heterocycles. The highest BCUT2D eigenvalue weighted by Crippen LogP contribution is 2.28. The average Bonchev–Trinajstić information content (AvgIpc) is 2.50. The second kappa shape index (κ2) is 6.60. The van der Waals surface area contributed by atoms with Crippen molar-refractivity contribution in [3.63, 3.8) is 0 Å². The summed E-state index contributed by atoms with van der Waals surface area (Å²) < 4.78 is 10.0. The van der Waals surface area contributed by atoms with Gasteiger partial charge in [0.2, 0.25) is 5.88 Å². The molecule has 0 atom stereocenters. The molecular formula is C15H17N3O3. The van der Waals surface area contributed by atoms with E-state index in [1.807, 2.05) is 0 Å². The Balaban J connectivity index is 2.31. The number of nitrogens with two attached hydrogens (primary N) is 1. The summed E-state index contributed by atoms with van der Waals surface area (Å²) in [4.78, 5) is 16.0. The first kappa shape index (κ1) is 14.6. The standard InChI is InChI=1S/C15H17N3O3/c1-3-21-15(19)11-5-4-6-12(16)14(11)18-10-7-8-13(20-2)17-9-10/h4-9,18H,3,16H2,1-2H3. The summed E-state index contributed by atoms with van der Waals surface area (Å²) in [5, 5.41) is 3.09. The van der Waals surface area contributed by atoms with Gasteiger partial charge in [-0.25, -0.2) is 9.78 Å². The number of anilines is 3. The number of benzene rings is 1. The molecule has 1 aromatic heterocycles. The summed E-state index contributed by atoms with van der Waals surface area (Å²) in [5.74, 6) is 0.0842. The Labute approximate surface area is 122 Å². The maximum absolute atomic E-state index is 12.0. The highest BCUT2D eigenvalue weighted by molar-refractivity contribution is 5.99. The second-order valence-electron chi connectivity index (χ2n) is 4.20. The molecule has 0 saturated carbocycles. The molecular weight excluding hydrogens is 270 g/mol. The lowest BCUT2D eigenvalue weighted by atomic mass is 10.1. The lowest BCUT2D eigenvalue weighted by Gasteiger charge is -2.13. The van der Waals surface area contributed by atoms with Crippen molar-refractivity contribution < 1.29 is 14.3 Å². The molecule has 0 amide bonds. The van der Waals surface area contributed by atoms with E-state index in [0.717, 1.165) is 0 Å². The Kier molecular flexibility index (Phi) is 4.61. The van der Waals surface area contributed by atoms with Crippen LogP contribution in [0.25, 0.3) is 0 Å². The van der Waals surface area contributed by atoms with Gasteiger partial charge in [-0.3, -0.25) is 0 Å². The smallest absolute Gasteiger partial charge is 0.340 e. The number of nitrogen functional groups attached to an aromatic ring is 1. The zero-order chi connectivity index (χ0) is 15.2. The van der Waals surface area contributed by atoms with Crippen molar-refractivity contribution in [1.29, 1.82) is 0 Å². The molecule has 6 heteroatoms. The zero-order valence-corrected chi connectivity index (χ0v) is 11.9. The quantitative estimate of drug-likeness (QED) is 0.649. The van der Waals surface area contributed by atoms with Crippen LogP contribution in [0.1, 0.15) is 17.3 Å². The first-order chi connectivity index (χ1) is 10.2. The van der Waals surface area contributed by atoms with Crippen molar-refractivity contribution in [3.8, 4) is 5.88 Å². The van der Waals surface area contributed by atoms with Crippen LogP contribution in [0.5, 0.6) is 5.88 Å². The van der Waals surface area contributed by atoms with Crippen LogP contribution in [-0.4, -0.2) is 24.7 Å². The third-order valence-corrected chi connectivity index (χ3v) is 2.81. The maximum atomic E-state index is 12.0. The minimum atomic E-state index is -0.422. The molecule has 6 nitrogen and oxygen atoms in total. The number of carbonyl (C=O) groups excluding carboxylic acids is 1. The summed E-state index contributed by atoms with van der Waals surface area (Å²) in [6.45, 7) is 2.06. The number of methoxy groups -OCH3 is 1. The van der Waals surface area contributed by atoms with Crippen molar-refractivity contribution >= 4 is 23.0 Å². The predicted molar refractivity (Wildman–Crippen MR) is 80.9 cm³/mol. The SMILES string of the molecule is CCOC(=O)c1cccc(N)c1Nc1ccc(OC)nc1. The van der Waals surface area contributed by atoms with E-state index in [4.69, 9.17) is 15.2 Å². The summed E-state index contributed by atoms with van der Waals surface area (Å²) >= 11 is 0. The monoisotopic (exact) mass is 287 g/mol. The number of rotatable bonds is 5. The van der Waals surface area contributed by atoms with E-state index in [2.05, 4.69) is 10.3 Å². The second-order valence-corrected chi connectivity index (χ2v) is 4.20. The molecule has 1 heterocycles. The predicted octanol–water partition coefficient (Wildman–Crippen LogP) is 2.59. The maximum Gasteiger partial charge on any atom is 0.340 e. The highest BCUT2D eigenvalue weighted by Gasteiger charge is 2.15. The molecule has 0 aliphatic carbocycles. The normalized spacial score (nSPS) is 10.0. The number of hydrogen-bond donors (Lipinski definition) is 2. The Morgan fingerprint density at radius 2 is 2.14 bits per heavy atom. The Bertz CT molecular complexity index is 627. The third-order valence-electron chi connectivity index (χ3n) is 2.81. The van der Waals surface area contributed by atoms with Crippen LogP contribution in [0.3, 0.4) is 0 Å². The molecule has 0 aliphatic rings. The van der Waals surface area contributed by atoms with Gasteiger partial charge in [-0.05, 0) is 25.1 Å². The number of pyridine rings is 1. The van der Waals surface area contributed by atoms with Crippen molar-refractivity contribution in [1.82, 2.24) is 4.98 Å². The third kappa shape index (κ3) is 3.42. The molecule has 3 N–H and O–H groups in total. The van der Waals surface area contributed by atoms with Crippen LogP contribution < -0.4 is 15.8 Å². The van der Waals surface area contributed by atoms with Crippen LogP contribution in [0, 0.1) is 0 Å². The molecule has 0 radical (unpaired) electrons. The van der Waals surface area contributed by atoms with Gasteiger partial charge in [0.25, 0.3) is 0 Å². The summed E-state index contributed by atoms with van der Waals surface area (Å²) in [6.07, 6.45) is 1.60. The lowest BCUT2D eigenvalue weighted by molar-refractivity contribution is 0.0527. The van der Waals surface area contributed by atoms with Gasteiger partial charge >= 0.3 is 5.97 Å². The van der Waals surface area contributed by atoms with E-state index in [9.17, 15) is 4.79 Å². The molecule has 1 aromatic carbocycles. The van der Waals surface area contributed by atoms with E-state index in [1.165, 1.54) is 0 Å². The molecule has 0 fully saturated rings. The van der Waals surface area contributed by atoms with Gasteiger partial charge in [0.15, 0.2) is 0 Å². The van der Waals surface area contributed by atoms with Crippen LogP contribution >= 0.6 is 0 Å². The number of hydrogen-bond acceptors (Lipinski definition) is 6. The number of ether oxygens (including phenoxy) is 2. The van der Waals surface area contributed by atoms with Gasteiger partial charge in [-0.1, -0.05) is 6.07 Å². The topological polar surface area (TPSA) is 86.5 Å². The van der Waals surface area contributed by atoms with Gasteiger partial charge < -0.3 is 20.5 Å². The lowest BCUT2D eigenvalue weighted by Crippen LogP contribution is -2.09. The largest absolute Gasteiger partial charge is 0.481 e. The number of para-hydroxylation sites is 1. The fourth-order valence-corrected chi connectivity index (χ4v) is 1.81. The number of nitrogens with zero attached hydrogens (tertiary/aromatic N) is 1. The van der Waals surface area contributed by atoms with E-state index in [1.54, 1.807) is 50.6 Å². The van der Waals surface area contributed by atoms with Crippen LogP contribution in [-0.2, 0) is 4.74 Å². The number of aromatic nitrogens is 1. The molecule has 2 aromatic rings. The van der Waals surface area contributed by atoms with E-state index < -0.39 is 5.97 Å². The molecule has 21 heavy (non-hydrogen) atoms. The number of esters is 1. The van der Waals surface area contributed by atoms with Crippen molar-refractivity contribution in [2.24, 2.45) is 0 Å². The van der Waals surface area contributed by atoms with Gasteiger partial charge in [-0.2, -0.15) is 0 Å². The average molecular weight is 287 g/mol. The number of nitrogens with one attached hydrogen (secondary N) is 1. The highest BCUT2D eigenvalue weighted by atomic mass is 16.5. The Morgan fingerprint density at radius 3 is 2.76 bits per heavy atom. The van der Waals surface area contributed by atoms with Crippen molar-refractivity contribution in [2.45, 2.75) is 6.92 Å². The van der Waals surface area contributed by atoms with Crippen molar-refractivity contribution in [2.75, 3.05) is 24.8 Å². The van der Waals surface area contributed by atoms with E-state index in [0.29, 0.717) is 35.1 Å². The Hall–Kier alpha value is -2.76. The van der Waals surface area contributed by atoms with Crippen LogP contribution in [0.15, 0.2) is 36.5 Å². The Morgan fingerprint density at radius 1 is 1.33 bits per heavy atom. The summed E-state index contributed by atoms with van der Waals surface area (Å²) in [5.41, 5.74) is 7.98. The van der Waals surface area contributed by atoms with Gasteiger partial charge in [0.1, 0.15) is 0 Å². The van der Waals surface area contributed by atoms with E-state index in [-0.39, 0.29) is 0 Å². The minimum absolute atomic E-state index is 0.303. The van der Waals surface area contributed by atoms with Crippen LogP contribution in [0.4, 0.5) is 17.1 Å². The molecule has 0 bridgehead atoms. The van der Waals surface area contributed by atoms with Gasteiger partial charge in [0.05, 0.1) is 42.5 Å². The zero-order valence-electron chi connectivity index (χ0n) is 11.9. The fraction of sp³-hybridized carbons (Fsp3) is 0.200. The first-order valence-corrected chi connectivity index (χ1v) is 6.48. The summed E-state index contributed by atoms with van der Waals surface area (Å²) in [6, 6.07) is 8.58. The first-order valence-electron chi connectivity index (χ1n) is 6.48. The fourth-order valence-electron chi connectivity index (χ4n) is 1.81. The molecule has 0 spiro atoms.